The number of allylic oxidation sites excluding steroid dienone is 1. The number of carbonyl (C=O) groups is 1. The van der Waals surface area contributed by atoms with E-state index in [0.29, 0.717) is 11.3 Å². The van der Waals surface area contributed by atoms with Crippen LogP contribution in [0.25, 0.3) is 6.08 Å². The van der Waals surface area contributed by atoms with E-state index in [-0.39, 0.29) is 11.3 Å². The van der Waals surface area contributed by atoms with Gasteiger partial charge in [0.2, 0.25) is 5.70 Å². The zero-order valence-electron chi connectivity index (χ0n) is 10.3. The van der Waals surface area contributed by atoms with Gasteiger partial charge in [-0.05, 0) is 17.7 Å². The van der Waals surface area contributed by atoms with E-state index < -0.39 is 10.9 Å². The maximum absolute atomic E-state index is 11.5. The lowest BCUT2D eigenvalue weighted by atomic mass is 10.1. The molecule has 18 heavy (non-hydrogen) atoms. The molecule has 1 aromatic carbocycles. The number of benzene rings is 1. The summed E-state index contributed by atoms with van der Waals surface area (Å²) in [6.45, 7) is 1.38. The van der Waals surface area contributed by atoms with Gasteiger partial charge in [-0.3, -0.25) is 10.1 Å². The summed E-state index contributed by atoms with van der Waals surface area (Å²) in [5, 5.41) is 10.5. The molecule has 96 valence electrons. The minimum Gasteiger partial charge on any atom is -0.496 e. The van der Waals surface area contributed by atoms with Gasteiger partial charge in [0.1, 0.15) is 11.3 Å². The molecule has 0 aromatic heterocycles. The number of hydrogen-bond donors (Lipinski definition) is 0. The van der Waals surface area contributed by atoms with Crippen LogP contribution in [0.1, 0.15) is 22.8 Å². The first-order chi connectivity index (χ1) is 8.49. The lowest BCUT2D eigenvalue weighted by Gasteiger charge is -2.07. The molecule has 0 amide bonds. The first kappa shape index (κ1) is 13.7. The second-order valence-electron chi connectivity index (χ2n) is 3.49. The van der Waals surface area contributed by atoms with Gasteiger partial charge in [0, 0.05) is 13.0 Å². The summed E-state index contributed by atoms with van der Waals surface area (Å²) in [6, 6.07) is 4.67. The minimum atomic E-state index is -0.555. The van der Waals surface area contributed by atoms with Crippen molar-refractivity contribution < 1.29 is 19.2 Å². The molecule has 0 N–H and O–H groups in total. The van der Waals surface area contributed by atoms with Gasteiger partial charge >= 0.3 is 5.97 Å². The van der Waals surface area contributed by atoms with Crippen molar-refractivity contribution in [2.75, 3.05) is 14.2 Å². The van der Waals surface area contributed by atoms with Crippen molar-refractivity contribution in [3.8, 4) is 5.75 Å². The molecule has 0 heterocycles. The van der Waals surface area contributed by atoms with Gasteiger partial charge in [0.05, 0.1) is 19.1 Å². The van der Waals surface area contributed by atoms with Crippen molar-refractivity contribution in [3.05, 3.63) is 45.1 Å². The average molecular weight is 251 g/mol. The first-order valence-electron chi connectivity index (χ1n) is 5.08. The van der Waals surface area contributed by atoms with E-state index in [4.69, 9.17) is 4.74 Å². The Balaban J connectivity index is 3.22. The van der Waals surface area contributed by atoms with Crippen LogP contribution in [0.4, 0.5) is 0 Å². The molecule has 6 heteroatoms. The molecular formula is C12H13NO5. The fourth-order valence-electron chi connectivity index (χ4n) is 1.38. The van der Waals surface area contributed by atoms with E-state index >= 15 is 0 Å². The summed E-state index contributed by atoms with van der Waals surface area (Å²) in [5.74, 6) is -0.196. The van der Waals surface area contributed by atoms with Gasteiger partial charge in [0.15, 0.2) is 0 Å². The Bertz CT molecular complexity index is 507. The Hall–Kier alpha value is -2.37. The topological polar surface area (TPSA) is 78.7 Å². The molecule has 0 fully saturated rings. The Morgan fingerprint density at radius 1 is 1.39 bits per heavy atom. The number of nitro groups is 1. The Labute approximate surface area is 104 Å². The van der Waals surface area contributed by atoms with Crippen LogP contribution in [0.2, 0.25) is 0 Å². The van der Waals surface area contributed by atoms with E-state index in [1.54, 1.807) is 12.1 Å². The van der Waals surface area contributed by atoms with Gasteiger partial charge < -0.3 is 9.47 Å². The quantitative estimate of drug-likeness (QED) is 0.465. The highest BCUT2D eigenvalue weighted by Gasteiger charge is 2.13. The summed E-state index contributed by atoms with van der Waals surface area (Å²) >= 11 is 0. The van der Waals surface area contributed by atoms with Gasteiger partial charge in [-0.25, -0.2) is 4.79 Å². The van der Waals surface area contributed by atoms with E-state index in [1.807, 2.05) is 0 Å². The molecule has 0 spiro atoms. The van der Waals surface area contributed by atoms with Gasteiger partial charge in [-0.2, -0.15) is 0 Å². The third-order valence-corrected chi connectivity index (χ3v) is 2.29. The monoisotopic (exact) mass is 251 g/mol. The van der Waals surface area contributed by atoms with Crippen molar-refractivity contribution in [2.45, 2.75) is 6.92 Å². The number of nitrogens with zero attached hydrogens (tertiary/aromatic N) is 1. The standard InChI is InChI=1S/C12H13NO5/c1-8(13(15)16)6-9-4-5-11(17-2)10(7-9)12(14)18-3/h4-7H,1-3H3/b8-6-. The van der Waals surface area contributed by atoms with Crippen LogP contribution in [0.3, 0.4) is 0 Å². The molecule has 0 aliphatic heterocycles. The summed E-state index contributed by atoms with van der Waals surface area (Å²) in [5.41, 5.74) is 0.742. The molecule has 0 radical (unpaired) electrons. The Morgan fingerprint density at radius 3 is 2.56 bits per heavy atom. The minimum absolute atomic E-state index is 0.0176. The Kier molecular flexibility index (Phi) is 4.42. The zero-order valence-corrected chi connectivity index (χ0v) is 10.3. The largest absolute Gasteiger partial charge is 0.496 e. The highest BCUT2D eigenvalue weighted by Crippen LogP contribution is 2.22. The van der Waals surface area contributed by atoms with Crippen LogP contribution >= 0.6 is 0 Å². The molecule has 0 aliphatic rings. The van der Waals surface area contributed by atoms with Crippen molar-refractivity contribution in [3.63, 3.8) is 0 Å². The fourth-order valence-corrected chi connectivity index (χ4v) is 1.38. The van der Waals surface area contributed by atoms with Crippen LogP contribution in [0, 0.1) is 10.1 Å². The van der Waals surface area contributed by atoms with Crippen molar-refractivity contribution in [1.82, 2.24) is 0 Å². The number of rotatable bonds is 4. The highest BCUT2D eigenvalue weighted by molar-refractivity contribution is 5.93. The number of methoxy groups -OCH3 is 2. The fraction of sp³-hybridized carbons (Fsp3) is 0.250. The van der Waals surface area contributed by atoms with Gasteiger partial charge in [0.25, 0.3) is 0 Å². The molecule has 6 nitrogen and oxygen atoms in total. The SMILES string of the molecule is COC(=O)c1cc(/C=C(/C)[N+](=O)[O-])ccc1OC. The second-order valence-corrected chi connectivity index (χ2v) is 3.49. The molecule has 1 rings (SSSR count). The predicted molar refractivity (Wildman–Crippen MR) is 65.0 cm³/mol. The summed E-state index contributed by atoms with van der Waals surface area (Å²) in [4.78, 5) is 21.5. The predicted octanol–water partition coefficient (Wildman–Crippen LogP) is 2.12. The van der Waals surface area contributed by atoms with Crippen LogP contribution in [-0.4, -0.2) is 25.1 Å². The maximum atomic E-state index is 11.5. The Morgan fingerprint density at radius 2 is 2.06 bits per heavy atom. The lowest BCUT2D eigenvalue weighted by molar-refractivity contribution is -0.422. The molecule has 0 saturated heterocycles. The summed E-state index contributed by atoms with van der Waals surface area (Å²) in [7, 11) is 2.69. The van der Waals surface area contributed by atoms with Crippen molar-refractivity contribution in [1.29, 1.82) is 0 Å². The third-order valence-electron chi connectivity index (χ3n) is 2.29. The third kappa shape index (κ3) is 3.07. The maximum Gasteiger partial charge on any atom is 0.341 e. The molecule has 1 aromatic rings. The molecule has 0 saturated carbocycles. The van der Waals surface area contributed by atoms with E-state index in [0.717, 1.165) is 0 Å². The zero-order chi connectivity index (χ0) is 13.7. The summed E-state index contributed by atoms with van der Waals surface area (Å²) < 4.78 is 9.63. The van der Waals surface area contributed by atoms with Crippen molar-refractivity contribution >= 4 is 12.0 Å². The smallest absolute Gasteiger partial charge is 0.341 e. The molecule has 0 bridgehead atoms. The first-order valence-corrected chi connectivity index (χ1v) is 5.08. The van der Waals surface area contributed by atoms with Gasteiger partial charge in [-0.1, -0.05) is 6.07 Å². The molecular weight excluding hydrogens is 238 g/mol. The number of esters is 1. The van der Waals surface area contributed by atoms with Crippen LogP contribution < -0.4 is 4.74 Å². The van der Waals surface area contributed by atoms with Gasteiger partial charge in [-0.15, -0.1) is 0 Å². The molecule has 0 unspecified atom stereocenters. The highest BCUT2D eigenvalue weighted by atomic mass is 16.6. The normalized spacial score (nSPS) is 10.9. The number of hydrogen-bond acceptors (Lipinski definition) is 5. The van der Waals surface area contributed by atoms with E-state index in [2.05, 4.69) is 4.74 Å². The van der Waals surface area contributed by atoms with E-state index in [9.17, 15) is 14.9 Å². The number of carbonyl (C=O) groups excluding carboxylic acids is 1. The summed E-state index contributed by atoms with van der Waals surface area (Å²) in [6.07, 6.45) is 1.37. The molecule has 0 aliphatic carbocycles. The van der Waals surface area contributed by atoms with Crippen LogP contribution in [-0.2, 0) is 4.74 Å². The average Bonchev–Trinajstić information content (AvgIpc) is 2.37. The van der Waals surface area contributed by atoms with Crippen LogP contribution in [0.5, 0.6) is 5.75 Å². The number of ether oxygens (including phenoxy) is 2. The van der Waals surface area contributed by atoms with Crippen molar-refractivity contribution in [2.24, 2.45) is 0 Å². The second kappa shape index (κ2) is 5.81. The van der Waals surface area contributed by atoms with E-state index in [1.165, 1.54) is 33.3 Å². The lowest BCUT2D eigenvalue weighted by Crippen LogP contribution is -2.04. The molecule has 0 atom stereocenters. The van der Waals surface area contributed by atoms with Crippen LogP contribution in [0.15, 0.2) is 23.9 Å².